The molecule has 0 saturated heterocycles. The van der Waals surface area contributed by atoms with E-state index in [9.17, 15) is 52.7 Å². The zero-order chi connectivity index (χ0) is 37.7. The monoisotopic (exact) mass is 706 g/mol. The molecule has 0 amide bonds. The van der Waals surface area contributed by atoms with Gasteiger partial charge in [0.1, 0.15) is 0 Å². The molecule has 4 aromatic rings. The van der Waals surface area contributed by atoms with Crippen LogP contribution < -0.4 is 0 Å². The van der Waals surface area contributed by atoms with Gasteiger partial charge in [-0.05, 0) is 134 Å². The van der Waals surface area contributed by atoms with Crippen molar-refractivity contribution in [3.05, 3.63) is 127 Å². The van der Waals surface area contributed by atoms with Crippen LogP contribution in [0.2, 0.25) is 0 Å². The summed E-state index contributed by atoms with van der Waals surface area (Å²) in [5.41, 5.74) is -4.95. The summed E-state index contributed by atoms with van der Waals surface area (Å²) in [5, 5.41) is 0. The molecule has 0 saturated carbocycles. The van der Waals surface area contributed by atoms with Gasteiger partial charge < -0.3 is 0 Å². The fraction of sp³-hybridized carbons (Fsp3) is 0.351. The molecule has 12 heteroatoms. The molecule has 0 fully saturated rings. The lowest BCUT2D eigenvalue weighted by Gasteiger charge is -2.38. The van der Waals surface area contributed by atoms with Gasteiger partial charge in [-0.2, -0.15) is 52.7 Å². The Balaban J connectivity index is 0.000000266. The Morgan fingerprint density at radius 3 is 0.837 bits per heavy atom. The highest BCUT2D eigenvalue weighted by Gasteiger charge is 2.72. The number of alkyl halides is 12. The van der Waals surface area contributed by atoms with Gasteiger partial charge in [-0.25, -0.2) is 0 Å². The normalized spacial score (nSPS) is 12.9. The molecule has 0 heterocycles. The second-order valence-electron chi connectivity index (χ2n) is 12.3. The number of halogens is 12. The Labute approximate surface area is 276 Å². The zero-order valence-electron chi connectivity index (χ0n) is 27.8. The van der Waals surface area contributed by atoms with Crippen LogP contribution in [0.25, 0.3) is 11.1 Å². The van der Waals surface area contributed by atoms with E-state index in [1.54, 1.807) is 27.7 Å². The molecular formula is C37H34F12. The third-order valence-electron chi connectivity index (χ3n) is 8.90. The number of rotatable bonds is 3. The van der Waals surface area contributed by atoms with Gasteiger partial charge in [0.2, 0.25) is 5.41 Å². The topological polar surface area (TPSA) is 0 Å². The molecule has 0 nitrogen and oxygen atoms in total. The number of hydrogen-bond donors (Lipinski definition) is 0. The molecular weight excluding hydrogens is 672 g/mol. The zero-order valence-corrected chi connectivity index (χ0v) is 27.8. The van der Waals surface area contributed by atoms with Crippen LogP contribution in [0.15, 0.2) is 60.7 Å². The van der Waals surface area contributed by atoms with Crippen LogP contribution in [-0.4, -0.2) is 12.4 Å². The first kappa shape index (κ1) is 39.5. The number of benzene rings is 4. The largest absolute Gasteiger partial charge is 0.417 e. The summed E-state index contributed by atoms with van der Waals surface area (Å²) in [4.78, 5) is 0. The van der Waals surface area contributed by atoms with Crippen molar-refractivity contribution in [2.45, 2.75) is 85.5 Å². The van der Waals surface area contributed by atoms with Crippen molar-refractivity contribution in [2.75, 3.05) is 0 Å². The average Bonchev–Trinajstić information content (AvgIpc) is 2.93. The van der Waals surface area contributed by atoms with Crippen LogP contribution in [0, 0.1) is 55.4 Å². The Morgan fingerprint density at radius 1 is 0.327 bits per heavy atom. The fourth-order valence-electron chi connectivity index (χ4n) is 5.48. The van der Waals surface area contributed by atoms with E-state index in [-0.39, 0.29) is 0 Å². The lowest BCUT2D eigenvalue weighted by atomic mass is 9.71. The van der Waals surface area contributed by atoms with Crippen molar-refractivity contribution in [1.29, 1.82) is 0 Å². The molecule has 4 aromatic carbocycles. The van der Waals surface area contributed by atoms with Crippen molar-refractivity contribution < 1.29 is 52.7 Å². The minimum atomic E-state index is -5.55. The first-order chi connectivity index (χ1) is 22.1. The molecule has 0 aliphatic carbocycles. The number of hydrogen-bond acceptors (Lipinski definition) is 0. The molecule has 0 atom stereocenters. The van der Waals surface area contributed by atoms with Crippen molar-refractivity contribution >= 4 is 0 Å². The van der Waals surface area contributed by atoms with Gasteiger partial charge in [0, 0.05) is 0 Å². The first-order valence-corrected chi connectivity index (χ1v) is 14.8. The van der Waals surface area contributed by atoms with E-state index in [4.69, 9.17) is 0 Å². The standard InChI is InChI=1S/C19H18F6.C18H16F6/c1-11-5-7-15(9-13(11)3)17(18(20,21)22,19(23,24)25)16-8-6-12(2)14(4)10-16;1-9-5-13(15(7-11(9)3)17(19,20)21)14-6-10(2)12(4)8-16(14)18(22,23)24/h5-10H,1-4H3;5-8H,1-4H3. The van der Waals surface area contributed by atoms with Gasteiger partial charge in [0.15, 0.2) is 0 Å². The summed E-state index contributed by atoms with van der Waals surface area (Å²) >= 11 is 0. The molecule has 266 valence electrons. The molecule has 49 heavy (non-hydrogen) atoms. The maximum atomic E-state index is 14.0. The molecule has 0 aliphatic rings. The molecule has 0 bridgehead atoms. The van der Waals surface area contributed by atoms with Crippen LogP contribution in [0.3, 0.4) is 0 Å². The molecule has 0 radical (unpaired) electrons. The molecule has 0 aliphatic heterocycles. The van der Waals surface area contributed by atoms with Gasteiger partial charge in [-0.1, -0.05) is 48.5 Å². The van der Waals surface area contributed by atoms with Crippen molar-refractivity contribution in [1.82, 2.24) is 0 Å². The lowest BCUT2D eigenvalue weighted by Crippen LogP contribution is -2.54. The van der Waals surface area contributed by atoms with Gasteiger partial charge in [-0.15, -0.1) is 0 Å². The van der Waals surface area contributed by atoms with Gasteiger partial charge in [0.25, 0.3) is 0 Å². The van der Waals surface area contributed by atoms with E-state index in [0.717, 1.165) is 36.4 Å². The summed E-state index contributed by atoms with van der Waals surface area (Å²) < 4.78 is 164. The van der Waals surface area contributed by atoms with E-state index in [1.807, 2.05) is 0 Å². The summed E-state index contributed by atoms with van der Waals surface area (Å²) in [6, 6.07) is 10.5. The molecule has 4 rings (SSSR count). The highest BCUT2D eigenvalue weighted by molar-refractivity contribution is 5.74. The Bertz CT molecular complexity index is 1700. The third-order valence-corrected chi connectivity index (χ3v) is 8.90. The van der Waals surface area contributed by atoms with Gasteiger partial charge in [-0.3, -0.25) is 0 Å². The molecule has 0 aromatic heterocycles. The quantitative estimate of drug-likeness (QED) is 0.186. The van der Waals surface area contributed by atoms with E-state index < -0.39 is 63.5 Å². The minimum absolute atomic E-state index is 0.374. The van der Waals surface area contributed by atoms with Crippen molar-refractivity contribution in [3.63, 3.8) is 0 Å². The first-order valence-electron chi connectivity index (χ1n) is 14.8. The Hall–Kier alpha value is -3.96. The predicted molar refractivity (Wildman–Crippen MR) is 166 cm³/mol. The SMILES string of the molecule is Cc1cc(-c2cc(C)c(C)cc2C(F)(F)F)c(C(F)(F)F)cc1C.Cc1ccc(C(c2ccc(C)c(C)c2)(C(F)(F)F)C(F)(F)F)cc1C. The fourth-order valence-corrected chi connectivity index (χ4v) is 5.48. The van der Waals surface area contributed by atoms with Gasteiger partial charge in [0.05, 0.1) is 11.1 Å². The van der Waals surface area contributed by atoms with Crippen molar-refractivity contribution in [2.24, 2.45) is 0 Å². The maximum absolute atomic E-state index is 14.0. The second-order valence-corrected chi connectivity index (χ2v) is 12.3. The number of aryl methyl sites for hydroxylation is 8. The van der Waals surface area contributed by atoms with Gasteiger partial charge >= 0.3 is 24.7 Å². The molecule has 0 N–H and O–H groups in total. The van der Waals surface area contributed by atoms with E-state index in [2.05, 4.69) is 0 Å². The summed E-state index contributed by atoms with van der Waals surface area (Å²) in [5.74, 6) is 0. The van der Waals surface area contributed by atoms with Crippen LogP contribution >= 0.6 is 0 Å². The highest BCUT2D eigenvalue weighted by atomic mass is 19.4. The van der Waals surface area contributed by atoms with E-state index in [0.29, 0.717) is 44.5 Å². The summed E-state index contributed by atoms with van der Waals surface area (Å²) in [6.07, 6.45) is -20.6. The smallest absolute Gasteiger partial charge is 0.169 e. The van der Waals surface area contributed by atoms with E-state index in [1.165, 1.54) is 52.0 Å². The Kier molecular flexibility index (Phi) is 10.8. The van der Waals surface area contributed by atoms with Crippen LogP contribution in [-0.2, 0) is 17.8 Å². The molecule has 0 spiro atoms. The average molecular weight is 707 g/mol. The van der Waals surface area contributed by atoms with Crippen LogP contribution in [0.1, 0.15) is 66.8 Å². The van der Waals surface area contributed by atoms with Crippen molar-refractivity contribution in [3.8, 4) is 11.1 Å². The highest BCUT2D eigenvalue weighted by Crippen LogP contribution is 2.56. The van der Waals surface area contributed by atoms with Crippen LogP contribution in [0.4, 0.5) is 52.7 Å². The van der Waals surface area contributed by atoms with E-state index >= 15 is 0 Å². The lowest BCUT2D eigenvalue weighted by molar-refractivity contribution is -0.288. The summed E-state index contributed by atoms with van der Waals surface area (Å²) in [7, 11) is 0. The minimum Gasteiger partial charge on any atom is -0.169 e. The third kappa shape index (κ3) is 7.78. The Morgan fingerprint density at radius 2 is 0.592 bits per heavy atom. The maximum Gasteiger partial charge on any atom is 0.417 e. The molecule has 0 unspecified atom stereocenters. The second kappa shape index (κ2) is 13.4. The van der Waals surface area contributed by atoms with Crippen LogP contribution in [0.5, 0.6) is 0 Å². The summed E-state index contributed by atoms with van der Waals surface area (Å²) in [6.45, 7) is 12.4. The predicted octanol–water partition coefficient (Wildman–Crippen LogP) is 13.0.